The van der Waals surface area contributed by atoms with Crippen molar-refractivity contribution in [2.24, 2.45) is 0 Å². The molecular formula is C17H23NO6. The first-order valence-corrected chi connectivity index (χ1v) is 7.79. The number of carboxylic acid groups (broad SMARTS) is 1. The second-order valence-electron chi connectivity index (χ2n) is 5.27. The molecule has 1 atom stereocenters. The van der Waals surface area contributed by atoms with Crippen molar-refractivity contribution < 1.29 is 29.0 Å². The first kappa shape index (κ1) is 19.5. The molecule has 0 saturated carbocycles. The van der Waals surface area contributed by atoms with Gasteiger partial charge in [0.1, 0.15) is 12.6 Å². The van der Waals surface area contributed by atoms with Crippen molar-refractivity contribution in [2.75, 3.05) is 7.11 Å². The van der Waals surface area contributed by atoms with Crippen molar-refractivity contribution in [1.82, 2.24) is 5.32 Å². The van der Waals surface area contributed by atoms with E-state index >= 15 is 0 Å². The highest BCUT2D eigenvalue weighted by atomic mass is 16.6. The Morgan fingerprint density at radius 3 is 2.46 bits per heavy atom. The molecule has 0 aliphatic carbocycles. The summed E-state index contributed by atoms with van der Waals surface area (Å²) in [6.45, 7) is 0.110. The fourth-order valence-electron chi connectivity index (χ4n) is 2.10. The first-order chi connectivity index (χ1) is 11.5. The maximum atomic E-state index is 11.8. The van der Waals surface area contributed by atoms with E-state index in [9.17, 15) is 14.4 Å². The summed E-state index contributed by atoms with van der Waals surface area (Å²) in [6.07, 6.45) is 1.55. The number of nitrogens with one attached hydrogen (secondary N) is 1. The van der Waals surface area contributed by atoms with Crippen molar-refractivity contribution in [3.8, 4) is 0 Å². The van der Waals surface area contributed by atoms with E-state index in [2.05, 4.69) is 10.1 Å². The maximum Gasteiger partial charge on any atom is 0.408 e. The molecule has 1 rings (SSSR count). The second-order valence-corrected chi connectivity index (χ2v) is 5.27. The van der Waals surface area contributed by atoms with Crippen LogP contribution in [0.2, 0.25) is 0 Å². The summed E-state index contributed by atoms with van der Waals surface area (Å²) in [7, 11) is 1.25. The molecule has 0 fully saturated rings. The van der Waals surface area contributed by atoms with E-state index in [0.29, 0.717) is 25.7 Å². The van der Waals surface area contributed by atoms with Crippen LogP contribution in [0.4, 0.5) is 4.79 Å². The molecule has 7 nitrogen and oxygen atoms in total. The van der Waals surface area contributed by atoms with Gasteiger partial charge in [-0.15, -0.1) is 0 Å². The molecule has 0 saturated heterocycles. The predicted octanol–water partition coefficient (Wildman–Crippen LogP) is 2.49. The van der Waals surface area contributed by atoms with Gasteiger partial charge in [0.05, 0.1) is 7.11 Å². The summed E-state index contributed by atoms with van der Waals surface area (Å²) in [6, 6.07) is 8.39. The van der Waals surface area contributed by atoms with Gasteiger partial charge in [0.15, 0.2) is 0 Å². The summed E-state index contributed by atoms with van der Waals surface area (Å²) in [5.74, 6) is -1.40. The van der Waals surface area contributed by atoms with Crippen LogP contribution in [-0.4, -0.2) is 36.3 Å². The molecule has 132 valence electrons. The van der Waals surface area contributed by atoms with E-state index in [1.165, 1.54) is 7.11 Å². The minimum atomic E-state index is -0.845. The van der Waals surface area contributed by atoms with E-state index in [4.69, 9.17) is 9.84 Å². The minimum Gasteiger partial charge on any atom is -0.481 e. The smallest absolute Gasteiger partial charge is 0.408 e. The Morgan fingerprint density at radius 1 is 1.12 bits per heavy atom. The molecule has 7 heteroatoms. The lowest BCUT2D eigenvalue weighted by atomic mass is 10.1. The molecule has 0 radical (unpaired) electrons. The van der Waals surface area contributed by atoms with Gasteiger partial charge in [-0.3, -0.25) is 4.79 Å². The van der Waals surface area contributed by atoms with Crippen molar-refractivity contribution in [1.29, 1.82) is 0 Å². The lowest BCUT2D eigenvalue weighted by molar-refractivity contribution is -0.143. The van der Waals surface area contributed by atoms with Crippen LogP contribution >= 0.6 is 0 Å². The number of ether oxygens (including phenoxy) is 2. The highest BCUT2D eigenvalue weighted by Crippen LogP contribution is 2.08. The van der Waals surface area contributed by atoms with Crippen LogP contribution in [0, 0.1) is 0 Å². The average molecular weight is 337 g/mol. The number of carbonyl (C=O) groups is 3. The van der Waals surface area contributed by atoms with Crippen LogP contribution in [0.1, 0.15) is 37.7 Å². The molecule has 1 aromatic rings. The SMILES string of the molecule is COC(=O)C(CCCCCC(=O)O)NC(=O)OCc1ccccc1. The molecule has 1 aromatic carbocycles. The zero-order valence-corrected chi connectivity index (χ0v) is 13.7. The molecule has 0 aliphatic heterocycles. The van der Waals surface area contributed by atoms with Crippen LogP contribution in [0.3, 0.4) is 0 Å². The van der Waals surface area contributed by atoms with Crippen LogP contribution < -0.4 is 5.32 Å². The van der Waals surface area contributed by atoms with Gasteiger partial charge in [0.2, 0.25) is 0 Å². The molecule has 0 spiro atoms. The number of hydrogen-bond donors (Lipinski definition) is 2. The molecule has 0 heterocycles. The van der Waals surface area contributed by atoms with Crippen molar-refractivity contribution >= 4 is 18.0 Å². The quantitative estimate of drug-likeness (QED) is 0.502. The summed E-state index contributed by atoms with van der Waals surface area (Å²) >= 11 is 0. The third-order valence-corrected chi connectivity index (χ3v) is 3.37. The number of carbonyl (C=O) groups excluding carboxylic acids is 2. The Kier molecular flexibility index (Phi) is 8.96. The van der Waals surface area contributed by atoms with Crippen molar-refractivity contribution in [3.63, 3.8) is 0 Å². The molecular weight excluding hydrogens is 314 g/mol. The van der Waals surface area contributed by atoms with Gasteiger partial charge in [0.25, 0.3) is 0 Å². The van der Waals surface area contributed by atoms with Gasteiger partial charge in [0, 0.05) is 6.42 Å². The molecule has 24 heavy (non-hydrogen) atoms. The summed E-state index contributed by atoms with van der Waals surface area (Å²) < 4.78 is 9.74. The average Bonchev–Trinajstić information content (AvgIpc) is 2.58. The van der Waals surface area contributed by atoms with Crippen molar-refractivity contribution in [3.05, 3.63) is 35.9 Å². The third-order valence-electron chi connectivity index (χ3n) is 3.37. The first-order valence-electron chi connectivity index (χ1n) is 7.79. The number of carboxylic acids is 1. The zero-order chi connectivity index (χ0) is 17.8. The van der Waals surface area contributed by atoms with Gasteiger partial charge in [-0.1, -0.05) is 43.2 Å². The Bertz CT molecular complexity index is 531. The number of unbranched alkanes of at least 4 members (excludes halogenated alkanes) is 2. The largest absolute Gasteiger partial charge is 0.481 e. The Balaban J connectivity index is 2.36. The molecule has 0 bridgehead atoms. The number of aliphatic carboxylic acids is 1. The van der Waals surface area contributed by atoms with E-state index in [1.807, 2.05) is 30.3 Å². The normalized spacial score (nSPS) is 11.4. The highest BCUT2D eigenvalue weighted by Gasteiger charge is 2.21. The number of rotatable bonds is 10. The Labute approximate surface area is 141 Å². The predicted molar refractivity (Wildman–Crippen MR) is 86.3 cm³/mol. The summed E-state index contributed by atoms with van der Waals surface area (Å²) in [5.41, 5.74) is 0.843. The standard InChI is InChI=1S/C17H23NO6/c1-23-16(21)14(10-6-3-7-11-15(19)20)18-17(22)24-12-13-8-4-2-5-9-13/h2,4-5,8-9,14H,3,6-7,10-12H2,1H3,(H,18,22)(H,19,20). The molecule has 1 unspecified atom stereocenters. The number of amides is 1. The van der Waals surface area contributed by atoms with Gasteiger partial charge in [-0.2, -0.15) is 0 Å². The number of hydrogen-bond acceptors (Lipinski definition) is 5. The Hall–Kier alpha value is -2.57. The topological polar surface area (TPSA) is 102 Å². The fourth-order valence-corrected chi connectivity index (χ4v) is 2.10. The van der Waals surface area contributed by atoms with Gasteiger partial charge < -0.3 is 19.9 Å². The number of alkyl carbamates (subject to hydrolysis) is 1. The summed E-state index contributed by atoms with van der Waals surface area (Å²) in [4.78, 5) is 34.0. The molecule has 0 aromatic heterocycles. The van der Waals surface area contributed by atoms with E-state index < -0.39 is 24.1 Å². The van der Waals surface area contributed by atoms with E-state index in [0.717, 1.165) is 5.56 Å². The van der Waals surface area contributed by atoms with E-state index in [1.54, 1.807) is 0 Å². The van der Waals surface area contributed by atoms with E-state index in [-0.39, 0.29) is 13.0 Å². The van der Waals surface area contributed by atoms with Crippen LogP contribution in [0.15, 0.2) is 30.3 Å². The van der Waals surface area contributed by atoms with Gasteiger partial charge in [-0.25, -0.2) is 9.59 Å². The van der Waals surface area contributed by atoms with Crippen LogP contribution in [0.25, 0.3) is 0 Å². The van der Waals surface area contributed by atoms with Crippen LogP contribution in [-0.2, 0) is 25.7 Å². The maximum absolute atomic E-state index is 11.8. The fraction of sp³-hybridized carbons (Fsp3) is 0.471. The molecule has 2 N–H and O–H groups in total. The number of esters is 1. The minimum absolute atomic E-state index is 0.0927. The molecule has 1 amide bonds. The van der Waals surface area contributed by atoms with Crippen molar-refractivity contribution in [2.45, 2.75) is 44.8 Å². The Morgan fingerprint density at radius 2 is 1.83 bits per heavy atom. The lowest BCUT2D eigenvalue weighted by Crippen LogP contribution is -2.41. The number of methoxy groups -OCH3 is 1. The lowest BCUT2D eigenvalue weighted by Gasteiger charge is -2.16. The zero-order valence-electron chi connectivity index (χ0n) is 13.7. The van der Waals surface area contributed by atoms with Gasteiger partial charge in [-0.05, 0) is 18.4 Å². The third kappa shape index (κ3) is 8.17. The second kappa shape index (κ2) is 11.0. The summed E-state index contributed by atoms with van der Waals surface area (Å²) in [5, 5.41) is 11.1. The highest BCUT2D eigenvalue weighted by molar-refractivity contribution is 5.81. The monoisotopic (exact) mass is 337 g/mol. The molecule has 0 aliphatic rings. The number of benzene rings is 1. The van der Waals surface area contributed by atoms with Crippen LogP contribution in [0.5, 0.6) is 0 Å². The van der Waals surface area contributed by atoms with Gasteiger partial charge >= 0.3 is 18.0 Å².